The van der Waals surface area contributed by atoms with Gasteiger partial charge in [0.25, 0.3) is 5.91 Å². The molecule has 33 heavy (non-hydrogen) atoms. The highest BCUT2D eigenvalue weighted by molar-refractivity contribution is 6.14. The van der Waals surface area contributed by atoms with E-state index in [2.05, 4.69) is 27.7 Å². The Morgan fingerprint density at radius 3 is 2.36 bits per heavy atom. The van der Waals surface area contributed by atoms with E-state index in [1.165, 1.54) is 12.8 Å². The second-order valence-electron chi connectivity index (χ2n) is 10.7. The van der Waals surface area contributed by atoms with Crippen LogP contribution in [0, 0.1) is 12.8 Å². The number of hydrogen-bond donors (Lipinski definition) is 0. The van der Waals surface area contributed by atoms with Gasteiger partial charge < -0.3 is 9.64 Å². The SMILES string of the molecule is COc1ccc(N(C(=O)c2cc(C3CC3)nc3c2c(C)nn3C(C)(C)C)[C@H](C)C2CC2)cc1. The number of amides is 1. The van der Waals surface area contributed by atoms with E-state index in [1.54, 1.807) is 7.11 Å². The van der Waals surface area contributed by atoms with E-state index in [0.717, 1.165) is 52.3 Å². The van der Waals surface area contributed by atoms with E-state index in [9.17, 15) is 4.79 Å². The third kappa shape index (κ3) is 4.00. The first kappa shape index (κ1) is 21.9. The maximum atomic E-state index is 14.3. The molecule has 2 aliphatic carbocycles. The number of pyridine rings is 1. The minimum atomic E-state index is -0.223. The van der Waals surface area contributed by atoms with E-state index in [0.29, 0.717) is 11.8 Å². The minimum Gasteiger partial charge on any atom is -0.497 e. The van der Waals surface area contributed by atoms with Crippen LogP contribution in [0.5, 0.6) is 5.75 Å². The van der Waals surface area contributed by atoms with Crippen LogP contribution in [0.4, 0.5) is 5.69 Å². The highest BCUT2D eigenvalue weighted by Crippen LogP contribution is 2.42. The van der Waals surface area contributed by atoms with Crippen molar-refractivity contribution in [3.8, 4) is 5.75 Å². The van der Waals surface area contributed by atoms with Gasteiger partial charge in [-0.3, -0.25) is 4.79 Å². The van der Waals surface area contributed by atoms with Gasteiger partial charge in [0.2, 0.25) is 0 Å². The Morgan fingerprint density at radius 2 is 1.82 bits per heavy atom. The van der Waals surface area contributed by atoms with Gasteiger partial charge in [0.05, 0.1) is 29.3 Å². The number of rotatable bonds is 6. The average Bonchev–Trinajstić information content (AvgIpc) is 3.69. The largest absolute Gasteiger partial charge is 0.497 e. The zero-order valence-electron chi connectivity index (χ0n) is 20.6. The van der Waals surface area contributed by atoms with Gasteiger partial charge in [-0.05, 0) is 96.6 Å². The van der Waals surface area contributed by atoms with Crippen molar-refractivity contribution in [1.29, 1.82) is 0 Å². The number of ether oxygens (including phenoxy) is 1. The van der Waals surface area contributed by atoms with E-state index >= 15 is 0 Å². The molecule has 0 bridgehead atoms. The number of benzene rings is 1. The third-order valence-corrected chi connectivity index (χ3v) is 6.97. The molecule has 1 amide bonds. The van der Waals surface area contributed by atoms with Gasteiger partial charge in [0.15, 0.2) is 5.65 Å². The number of hydrogen-bond acceptors (Lipinski definition) is 4. The van der Waals surface area contributed by atoms with E-state index in [-0.39, 0.29) is 17.5 Å². The molecule has 1 aromatic carbocycles. The lowest BCUT2D eigenvalue weighted by atomic mass is 10.0. The summed E-state index contributed by atoms with van der Waals surface area (Å²) in [7, 11) is 1.66. The van der Waals surface area contributed by atoms with E-state index < -0.39 is 0 Å². The fraction of sp³-hybridized carbons (Fsp3) is 0.519. The molecule has 0 radical (unpaired) electrons. The zero-order valence-corrected chi connectivity index (χ0v) is 20.6. The molecule has 2 saturated carbocycles. The molecular formula is C27H34N4O2. The smallest absolute Gasteiger partial charge is 0.259 e. The van der Waals surface area contributed by atoms with Crippen LogP contribution in [0.25, 0.3) is 11.0 Å². The van der Waals surface area contributed by atoms with Gasteiger partial charge in [-0.1, -0.05) is 0 Å². The first-order valence-electron chi connectivity index (χ1n) is 12.1. The van der Waals surface area contributed by atoms with Crippen LogP contribution in [0.3, 0.4) is 0 Å². The Morgan fingerprint density at radius 1 is 1.15 bits per heavy atom. The molecule has 2 fully saturated rings. The van der Waals surface area contributed by atoms with E-state index in [4.69, 9.17) is 14.8 Å². The minimum absolute atomic E-state index is 0.0328. The van der Waals surface area contributed by atoms with Gasteiger partial charge in [-0.15, -0.1) is 0 Å². The van der Waals surface area contributed by atoms with Crippen LogP contribution in [0.2, 0.25) is 0 Å². The molecule has 1 atom stereocenters. The lowest BCUT2D eigenvalue weighted by Crippen LogP contribution is -2.40. The topological polar surface area (TPSA) is 60.2 Å². The quantitative estimate of drug-likeness (QED) is 0.478. The Hall–Kier alpha value is -2.89. The Balaban J connectivity index is 1.68. The van der Waals surface area contributed by atoms with Gasteiger partial charge in [0, 0.05) is 23.3 Å². The van der Waals surface area contributed by atoms with Crippen molar-refractivity contribution in [2.45, 2.75) is 77.8 Å². The van der Waals surface area contributed by atoms with Crippen LogP contribution in [0.1, 0.15) is 81.0 Å². The lowest BCUT2D eigenvalue weighted by Gasteiger charge is -2.30. The Kier molecular flexibility index (Phi) is 5.22. The normalized spacial score (nSPS) is 17.3. The van der Waals surface area contributed by atoms with Crippen molar-refractivity contribution in [2.24, 2.45) is 5.92 Å². The molecular weight excluding hydrogens is 412 g/mol. The van der Waals surface area contributed by atoms with Crippen molar-refractivity contribution in [3.05, 3.63) is 47.3 Å². The molecule has 174 valence electrons. The zero-order chi connectivity index (χ0) is 23.5. The summed E-state index contributed by atoms with van der Waals surface area (Å²) >= 11 is 0. The molecule has 2 heterocycles. The maximum Gasteiger partial charge on any atom is 0.259 e. The lowest BCUT2D eigenvalue weighted by molar-refractivity contribution is 0.0977. The number of anilines is 1. The van der Waals surface area contributed by atoms with Crippen molar-refractivity contribution in [3.63, 3.8) is 0 Å². The number of carbonyl (C=O) groups excluding carboxylic acids is 1. The van der Waals surface area contributed by atoms with Gasteiger partial charge in [-0.2, -0.15) is 5.10 Å². The monoisotopic (exact) mass is 446 g/mol. The summed E-state index contributed by atoms with van der Waals surface area (Å²) in [5.74, 6) is 1.80. The number of aryl methyl sites for hydroxylation is 1. The standard InChI is InChI=1S/C27H34N4O2/c1-16-24-22(15-23(19-9-10-19)28-25(24)31(29-16)27(3,4)5)26(32)30(17(2)18-7-8-18)20-11-13-21(33-6)14-12-20/h11-15,17-19H,7-10H2,1-6H3/t17-/m1/s1. The van der Waals surface area contributed by atoms with Crippen molar-refractivity contribution >= 4 is 22.6 Å². The number of fused-ring (bicyclic) bond motifs is 1. The summed E-state index contributed by atoms with van der Waals surface area (Å²) in [5.41, 5.74) is 4.09. The molecule has 2 aliphatic rings. The predicted octanol–water partition coefficient (Wildman–Crippen LogP) is 5.83. The Bertz CT molecular complexity index is 1200. The molecule has 0 saturated heterocycles. The number of aromatic nitrogens is 3. The summed E-state index contributed by atoms with van der Waals surface area (Å²) in [6.07, 6.45) is 4.60. The molecule has 0 aliphatic heterocycles. The summed E-state index contributed by atoms with van der Waals surface area (Å²) in [4.78, 5) is 21.3. The summed E-state index contributed by atoms with van der Waals surface area (Å²) in [6, 6.07) is 9.99. The predicted molar refractivity (Wildman–Crippen MR) is 131 cm³/mol. The van der Waals surface area contributed by atoms with Crippen LogP contribution in [-0.4, -0.2) is 33.8 Å². The van der Waals surface area contributed by atoms with Crippen LogP contribution in [0.15, 0.2) is 30.3 Å². The van der Waals surface area contributed by atoms with Crippen molar-refractivity contribution < 1.29 is 9.53 Å². The highest BCUT2D eigenvalue weighted by Gasteiger charge is 2.37. The van der Waals surface area contributed by atoms with Crippen molar-refractivity contribution in [2.75, 3.05) is 12.0 Å². The number of nitrogens with zero attached hydrogens (tertiary/aromatic N) is 4. The fourth-order valence-corrected chi connectivity index (χ4v) is 4.73. The second-order valence-corrected chi connectivity index (χ2v) is 10.7. The average molecular weight is 447 g/mol. The summed E-state index contributed by atoms with van der Waals surface area (Å²) in [5, 5.41) is 5.71. The molecule has 5 rings (SSSR count). The van der Waals surface area contributed by atoms with Gasteiger partial charge >= 0.3 is 0 Å². The fourth-order valence-electron chi connectivity index (χ4n) is 4.73. The highest BCUT2D eigenvalue weighted by atomic mass is 16.5. The van der Waals surface area contributed by atoms with Crippen LogP contribution in [-0.2, 0) is 5.54 Å². The number of methoxy groups -OCH3 is 1. The molecule has 3 aromatic rings. The third-order valence-electron chi connectivity index (χ3n) is 6.97. The van der Waals surface area contributed by atoms with Crippen LogP contribution < -0.4 is 9.64 Å². The summed E-state index contributed by atoms with van der Waals surface area (Å²) in [6.45, 7) is 10.5. The molecule has 6 nitrogen and oxygen atoms in total. The van der Waals surface area contributed by atoms with Gasteiger partial charge in [0.1, 0.15) is 5.75 Å². The van der Waals surface area contributed by atoms with Crippen LogP contribution >= 0.6 is 0 Å². The van der Waals surface area contributed by atoms with E-state index in [1.807, 2.05) is 46.8 Å². The molecule has 2 aromatic heterocycles. The first-order chi connectivity index (χ1) is 15.7. The maximum absolute atomic E-state index is 14.3. The molecule has 6 heteroatoms. The van der Waals surface area contributed by atoms with Crippen molar-refractivity contribution in [1.82, 2.24) is 14.8 Å². The molecule has 0 unspecified atom stereocenters. The second kappa shape index (κ2) is 7.86. The number of carbonyl (C=O) groups is 1. The molecule has 0 spiro atoms. The van der Waals surface area contributed by atoms with Gasteiger partial charge in [-0.25, -0.2) is 9.67 Å². The first-order valence-corrected chi connectivity index (χ1v) is 12.1. The summed E-state index contributed by atoms with van der Waals surface area (Å²) < 4.78 is 7.34. The Labute approximate surface area is 195 Å². The molecule has 0 N–H and O–H groups in total.